The molecule has 0 aliphatic rings. The van der Waals surface area contributed by atoms with Crippen LogP contribution in [-0.4, -0.2) is 37.8 Å². The van der Waals surface area contributed by atoms with Crippen LogP contribution in [0.15, 0.2) is 5.38 Å². The van der Waals surface area contributed by atoms with Crippen molar-refractivity contribution in [3.05, 3.63) is 11.1 Å². The van der Waals surface area contributed by atoms with Crippen molar-refractivity contribution < 1.29 is 4.74 Å². The van der Waals surface area contributed by atoms with E-state index in [-0.39, 0.29) is 0 Å². The fourth-order valence-corrected chi connectivity index (χ4v) is 3.04. The molecule has 110 valence electrons. The Morgan fingerprint density at radius 3 is 2.68 bits per heavy atom. The van der Waals surface area contributed by atoms with Crippen molar-refractivity contribution in [2.45, 2.75) is 46.2 Å². The van der Waals surface area contributed by atoms with Gasteiger partial charge in [-0.2, -0.15) is 0 Å². The fourth-order valence-electron chi connectivity index (χ4n) is 2.12. The van der Waals surface area contributed by atoms with Gasteiger partial charge in [0.2, 0.25) is 0 Å². The molecular formula is C14H27N3OS. The van der Waals surface area contributed by atoms with Crippen molar-refractivity contribution in [1.29, 1.82) is 0 Å². The summed E-state index contributed by atoms with van der Waals surface area (Å²) in [6.07, 6.45) is 2.28. The first-order valence-electron chi connectivity index (χ1n) is 7.17. The van der Waals surface area contributed by atoms with Crippen molar-refractivity contribution in [1.82, 2.24) is 10.3 Å². The molecule has 0 atom stereocenters. The molecule has 0 unspecified atom stereocenters. The van der Waals surface area contributed by atoms with Gasteiger partial charge < -0.3 is 15.0 Å². The molecule has 0 fully saturated rings. The molecule has 5 heteroatoms. The van der Waals surface area contributed by atoms with Gasteiger partial charge in [0.05, 0.1) is 12.3 Å². The summed E-state index contributed by atoms with van der Waals surface area (Å²) in [6.45, 7) is 10.1. The van der Waals surface area contributed by atoms with Gasteiger partial charge in [-0.15, -0.1) is 11.3 Å². The molecule has 0 aliphatic carbocycles. The van der Waals surface area contributed by atoms with Gasteiger partial charge >= 0.3 is 0 Å². The molecule has 0 bridgehead atoms. The standard InChI is InChI=1S/C14H27N3OS/c1-5-13(6-2)17(8-9-18-4)14-16-12(11-19-14)10-15-7-3/h11,13,15H,5-10H2,1-4H3. The van der Waals surface area contributed by atoms with Crippen LogP contribution in [0.5, 0.6) is 0 Å². The van der Waals surface area contributed by atoms with Crippen molar-refractivity contribution >= 4 is 16.5 Å². The average Bonchev–Trinajstić information content (AvgIpc) is 2.89. The molecule has 0 aromatic carbocycles. The predicted octanol–water partition coefficient (Wildman–Crippen LogP) is 2.89. The third-order valence-electron chi connectivity index (χ3n) is 3.26. The largest absolute Gasteiger partial charge is 0.383 e. The molecule has 0 amide bonds. The van der Waals surface area contributed by atoms with Crippen LogP contribution in [0, 0.1) is 0 Å². The van der Waals surface area contributed by atoms with Gasteiger partial charge in [-0.05, 0) is 19.4 Å². The molecule has 1 rings (SSSR count). The van der Waals surface area contributed by atoms with E-state index >= 15 is 0 Å². The van der Waals surface area contributed by atoms with Gasteiger partial charge in [0.25, 0.3) is 0 Å². The number of nitrogens with one attached hydrogen (secondary N) is 1. The number of rotatable bonds is 10. The number of thiazole rings is 1. The highest BCUT2D eigenvalue weighted by Gasteiger charge is 2.18. The van der Waals surface area contributed by atoms with E-state index in [9.17, 15) is 0 Å². The van der Waals surface area contributed by atoms with Crippen LogP contribution in [0.25, 0.3) is 0 Å². The zero-order valence-corrected chi connectivity index (χ0v) is 13.4. The van der Waals surface area contributed by atoms with Gasteiger partial charge in [0.1, 0.15) is 0 Å². The van der Waals surface area contributed by atoms with Crippen LogP contribution in [0.2, 0.25) is 0 Å². The smallest absolute Gasteiger partial charge is 0.185 e. The summed E-state index contributed by atoms with van der Waals surface area (Å²) < 4.78 is 5.23. The molecular weight excluding hydrogens is 258 g/mol. The van der Waals surface area contributed by atoms with Crippen molar-refractivity contribution in [3.8, 4) is 0 Å². The molecule has 0 saturated heterocycles. The Labute approximate surface area is 121 Å². The number of hydrogen-bond donors (Lipinski definition) is 1. The van der Waals surface area contributed by atoms with Gasteiger partial charge in [-0.1, -0.05) is 20.8 Å². The van der Waals surface area contributed by atoms with E-state index in [2.05, 4.69) is 36.4 Å². The Balaban J connectivity index is 2.74. The number of ether oxygens (including phenoxy) is 1. The Kier molecular flexibility index (Phi) is 8.02. The molecule has 1 aromatic rings. The van der Waals surface area contributed by atoms with Gasteiger partial charge in [-0.3, -0.25) is 0 Å². The average molecular weight is 285 g/mol. The molecule has 1 heterocycles. The minimum atomic E-state index is 0.549. The number of anilines is 1. The molecule has 4 nitrogen and oxygen atoms in total. The summed E-state index contributed by atoms with van der Waals surface area (Å²) in [6, 6.07) is 0.549. The Hall–Kier alpha value is -0.650. The van der Waals surface area contributed by atoms with Gasteiger partial charge in [0, 0.05) is 31.6 Å². The molecule has 19 heavy (non-hydrogen) atoms. The highest BCUT2D eigenvalue weighted by molar-refractivity contribution is 7.13. The molecule has 0 aliphatic heterocycles. The molecule has 0 radical (unpaired) electrons. The number of methoxy groups -OCH3 is 1. The molecule has 1 aromatic heterocycles. The van der Waals surface area contributed by atoms with E-state index in [4.69, 9.17) is 9.72 Å². The fraction of sp³-hybridized carbons (Fsp3) is 0.786. The summed E-state index contributed by atoms with van der Waals surface area (Å²) >= 11 is 1.74. The monoisotopic (exact) mass is 285 g/mol. The maximum absolute atomic E-state index is 5.23. The first-order chi connectivity index (χ1) is 9.26. The minimum absolute atomic E-state index is 0.549. The van der Waals surface area contributed by atoms with Gasteiger partial charge in [0.15, 0.2) is 5.13 Å². The normalized spacial score (nSPS) is 11.2. The second-order valence-corrected chi connectivity index (χ2v) is 5.39. The van der Waals surface area contributed by atoms with E-state index in [1.807, 2.05) is 0 Å². The highest BCUT2D eigenvalue weighted by Crippen LogP contribution is 2.24. The quantitative estimate of drug-likeness (QED) is 0.717. The SMILES string of the molecule is CCNCc1csc(N(CCOC)C(CC)CC)n1. The first-order valence-corrected chi connectivity index (χ1v) is 8.05. The second kappa shape index (κ2) is 9.28. The molecule has 0 saturated carbocycles. The summed E-state index contributed by atoms with van der Waals surface area (Å²) in [5, 5.41) is 6.59. The number of aromatic nitrogens is 1. The van der Waals surface area contributed by atoms with E-state index in [0.717, 1.165) is 49.9 Å². The molecule has 0 spiro atoms. The number of hydrogen-bond acceptors (Lipinski definition) is 5. The van der Waals surface area contributed by atoms with Gasteiger partial charge in [-0.25, -0.2) is 4.98 Å². The van der Waals surface area contributed by atoms with E-state index in [1.54, 1.807) is 18.4 Å². The maximum Gasteiger partial charge on any atom is 0.185 e. The minimum Gasteiger partial charge on any atom is -0.383 e. The lowest BCUT2D eigenvalue weighted by molar-refractivity contribution is 0.202. The Bertz CT molecular complexity index is 339. The lowest BCUT2D eigenvalue weighted by Crippen LogP contribution is -2.37. The van der Waals surface area contributed by atoms with Crippen LogP contribution < -0.4 is 10.2 Å². The third kappa shape index (κ3) is 5.09. The second-order valence-electron chi connectivity index (χ2n) is 4.56. The Morgan fingerprint density at radius 1 is 1.37 bits per heavy atom. The van der Waals surface area contributed by atoms with Crippen LogP contribution in [0.3, 0.4) is 0 Å². The van der Waals surface area contributed by atoms with Crippen LogP contribution in [-0.2, 0) is 11.3 Å². The summed E-state index contributed by atoms with van der Waals surface area (Å²) in [5.41, 5.74) is 1.13. The maximum atomic E-state index is 5.23. The topological polar surface area (TPSA) is 37.4 Å². The summed E-state index contributed by atoms with van der Waals surface area (Å²) in [5.74, 6) is 0. The van der Waals surface area contributed by atoms with E-state index in [1.165, 1.54) is 0 Å². The van der Waals surface area contributed by atoms with Crippen LogP contribution in [0.1, 0.15) is 39.3 Å². The first kappa shape index (κ1) is 16.4. The van der Waals surface area contributed by atoms with Crippen molar-refractivity contribution in [3.63, 3.8) is 0 Å². The van der Waals surface area contributed by atoms with E-state index in [0.29, 0.717) is 6.04 Å². The summed E-state index contributed by atoms with van der Waals surface area (Å²) in [7, 11) is 1.75. The zero-order chi connectivity index (χ0) is 14.1. The lowest BCUT2D eigenvalue weighted by Gasteiger charge is -2.29. The highest BCUT2D eigenvalue weighted by atomic mass is 32.1. The van der Waals surface area contributed by atoms with Crippen LogP contribution >= 0.6 is 11.3 Å². The Morgan fingerprint density at radius 2 is 2.11 bits per heavy atom. The van der Waals surface area contributed by atoms with Crippen LogP contribution in [0.4, 0.5) is 5.13 Å². The van der Waals surface area contributed by atoms with Crippen molar-refractivity contribution in [2.24, 2.45) is 0 Å². The number of nitrogens with zero attached hydrogens (tertiary/aromatic N) is 2. The zero-order valence-electron chi connectivity index (χ0n) is 12.6. The third-order valence-corrected chi connectivity index (χ3v) is 4.19. The van der Waals surface area contributed by atoms with Crippen molar-refractivity contribution in [2.75, 3.05) is 31.7 Å². The predicted molar refractivity (Wildman–Crippen MR) is 83.1 cm³/mol. The lowest BCUT2D eigenvalue weighted by atomic mass is 10.1. The molecule has 1 N–H and O–H groups in total. The summed E-state index contributed by atoms with van der Waals surface area (Å²) in [4.78, 5) is 7.14. The van der Waals surface area contributed by atoms with E-state index < -0.39 is 0 Å².